The molecule has 0 saturated carbocycles. The molecular formula is C24H17ClFNO4. The number of aliphatic hydroxyl groups is 1. The average molecular weight is 438 g/mol. The number of carbonyl (C=O) groups excluding carboxylic acids is 2. The minimum atomic E-state index is -0.940. The lowest BCUT2D eigenvalue weighted by molar-refractivity contribution is -0.132. The van der Waals surface area contributed by atoms with Gasteiger partial charge < -0.3 is 9.84 Å². The number of Topliss-reactive ketones (excluding diaryl/α,β-unsaturated/α-hetero) is 1. The standard InChI is InChI=1S/C24H17ClFNO4/c1-31-19-12-10-18(11-13-19)27-21(14-4-8-17(26)9-5-14)20(23(29)24(27)30)22(28)15-2-6-16(25)7-3-15/h2-13,21,28H,1H3/t21-/m1/s1. The van der Waals surface area contributed by atoms with E-state index in [1.165, 1.54) is 36.3 Å². The van der Waals surface area contributed by atoms with Crippen LogP contribution >= 0.6 is 11.6 Å². The number of aliphatic hydroxyl groups excluding tert-OH is 1. The van der Waals surface area contributed by atoms with Crippen molar-refractivity contribution in [3.8, 4) is 5.75 Å². The fourth-order valence-electron chi connectivity index (χ4n) is 3.57. The van der Waals surface area contributed by atoms with Crippen molar-refractivity contribution in [1.29, 1.82) is 0 Å². The van der Waals surface area contributed by atoms with E-state index in [0.29, 0.717) is 27.6 Å². The second-order valence-corrected chi connectivity index (χ2v) is 7.36. The van der Waals surface area contributed by atoms with E-state index < -0.39 is 23.5 Å². The van der Waals surface area contributed by atoms with Gasteiger partial charge in [0.25, 0.3) is 11.7 Å². The molecule has 0 aromatic heterocycles. The topological polar surface area (TPSA) is 66.8 Å². The minimum Gasteiger partial charge on any atom is -0.507 e. The van der Waals surface area contributed by atoms with E-state index in [1.807, 2.05) is 0 Å². The Bertz CT molecular complexity index is 1170. The smallest absolute Gasteiger partial charge is 0.300 e. The maximum atomic E-state index is 13.6. The van der Waals surface area contributed by atoms with E-state index in [-0.39, 0.29) is 11.3 Å². The molecule has 3 aromatic carbocycles. The van der Waals surface area contributed by atoms with Gasteiger partial charge in [0.05, 0.1) is 18.7 Å². The lowest BCUT2D eigenvalue weighted by Gasteiger charge is -2.25. The predicted molar refractivity (Wildman–Crippen MR) is 116 cm³/mol. The third kappa shape index (κ3) is 3.78. The van der Waals surface area contributed by atoms with Crippen molar-refractivity contribution in [2.45, 2.75) is 6.04 Å². The van der Waals surface area contributed by atoms with Gasteiger partial charge in [0, 0.05) is 16.3 Å². The van der Waals surface area contributed by atoms with Crippen molar-refractivity contribution in [2.24, 2.45) is 0 Å². The number of hydrogen-bond acceptors (Lipinski definition) is 4. The zero-order chi connectivity index (χ0) is 22.1. The monoisotopic (exact) mass is 437 g/mol. The summed E-state index contributed by atoms with van der Waals surface area (Å²) in [7, 11) is 1.52. The van der Waals surface area contributed by atoms with Gasteiger partial charge in [0.1, 0.15) is 17.3 Å². The first-order valence-electron chi connectivity index (χ1n) is 9.37. The Morgan fingerprint density at radius 2 is 1.58 bits per heavy atom. The molecule has 0 unspecified atom stereocenters. The third-order valence-corrected chi connectivity index (χ3v) is 5.35. The second kappa shape index (κ2) is 8.24. The quantitative estimate of drug-likeness (QED) is 0.350. The van der Waals surface area contributed by atoms with Crippen LogP contribution < -0.4 is 9.64 Å². The molecule has 1 aliphatic heterocycles. The van der Waals surface area contributed by atoms with Gasteiger partial charge in [-0.25, -0.2) is 4.39 Å². The summed E-state index contributed by atoms with van der Waals surface area (Å²) < 4.78 is 18.7. The Kier molecular flexibility index (Phi) is 5.48. The average Bonchev–Trinajstić information content (AvgIpc) is 3.05. The molecular weight excluding hydrogens is 421 g/mol. The molecule has 1 fully saturated rings. The molecule has 0 aliphatic carbocycles. The number of rotatable bonds is 4. The first-order chi connectivity index (χ1) is 14.9. The number of benzene rings is 3. The SMILES string of the molecule is COc1ccc(N2C(=O)C(=O)C(=C(O)c3ccc(Cl)cc3)[C@H]2c2ccc(F)cc2)cc1. The molecule has 3 aromatic rings. The summed E-state index contributed by atoms with van der Waals surface area (Å²) in [5, 5.41) is 11.4. The fourth-order valence-corrected chi connectivity index (χ4v) is 3.69. The number of halogens is 2. The molecule has 0 radical (unpaired) electrons. The van der Waals surface area contributed by atoms with Crippen molar-refractivity contribution in [1.82, 2.24) is 0 Å². The van der Waals surface area contributed by atoms with Gasteiger partial charge in [-0.05, 0) is 66.2 Å². The van der Waals surface area contributed by atoms with Crippen molar-refractivity contribution >= 4 is 34.7 Å². The van der Waals surface area contributed by atoms with Crippen LogP contribution in [-0.4, -0.2) is 23.9 Å². The van der Waals surface area contributed by atoms with Crippen LogP contribution in [0.3, 0.4) is 0 Å². The summed E-state index contributed by atoms with van der Waals surface area (Å²) in [6.07, 6.45) is 0. The number of ether oxygens (including phenoxy) is 1. The van der Waals surface area contributed by atoms with Gasteiger partial charge >= 0.3 is 0 Å². The van der Waals surface area contributed by atoms with E-state index in [0.717, 1.165) is 0 Å². The van der Waals surface area contributed by atoms with E-state index in [9.17, 15) is 19.1 Å². The Morgan fingerprint density at radius 3 is 2.16 bits per heavy atom. The van der Waals surface area contributed by atoms with E-state index >= 15 is 0 Å². The highest BCUT2D eigenvalue weighted by atomic mass is 35.5. The summed E-state index contributed by atoms with van der Waals surface area (Å²) >= 11 is 5.92. The van der Waals surface area contributed by atoms with Crippen LogP contribution in [0, 0.1) is 5.82 Å². The number of hydrogen-bond donors (Lipinski definition) is 1. The van der Waals surface area contributed by atoms with Crippen molar-refractivity contribution in [3.05, 3.63) is 100 Å². The van der Waals surface area contributed by atoms with Crippen LogP contribution in [0.25, 0.3) is 5.76 Å². The maximum Gasteiger partial charge on any atom is 0.300 e. The zero-order valence-electron chi connectivity index (χ0n) is 16.4. The molecule has 7 heteroatoms. The predicted octanol–water partition coefficient (Wildman–Crippen LogP) is 5.11. The molecule has 1 aliphatic rings. The Labute approximate surface area is 182 Å². The highest BCUT2D eigenvalue weighted by Gasteiger charge is 2.46. The Balaban J connectivity index is 1.91. The summed E-state index contributed by atoms with van der Waals surface area (Å²) in [6.45, 7) is 0. The summed E-state index contributed by atoms with van der Waals surface area (Å²) in [5.41, 5.74) is 1.17. The van der Waals surface area contributed by atoms with Crippen molar-refractivity contribution < 1.29 is 23.8 Å². The fraction of sp³-hybridized carbons (Fsp3) is 0.0833. The number of anilines is 1. The van der Waals surface area contributed by atoms with E-state index in [1.54, 1.807) is 48.5 Å². The molecule has 1 atom stereocenters. The number of methoxy groups -OCH3 is 1. The van der Waals surface area contributed by atoms with Crippen molar-refractivity contribution in [2.75, 3.05) is 12.0 Å². The molecule has 0 spiro atoms. The molecule has 4 rings (SSSR count). The molecule has 1 N–H and O–H groups in total. The van der Waals surface area contributed by atoms with Crippen LogP contribution in [0.4, 0.5) is 10.1 Å². The van der Waals surface area contributed by atoms with E-state index in [4.69, 9.17) is 16.3 Å². The molecule has 5 nitrogen and oxygen atoms in total. The first-order valence-corrected chi connectivity index (χ1v) is 9.75. The van der Waals surface area contributed by atoms with Gasteiger partial charge in [0.2, 0.25) is 0 Å². The Morgan fingerprint density at radius 1 is 0.968 bits per heavy atom. The minimum absolute atomic E-state index is 0.0882. The van der Waals surface area contributed by atoms with Crippen LogP contribution in [0.5, 0.6) is 5.75 Å². The highest BCUT2D eigenvalue weighted by molar-refractivity contribution is 6.51. The molecule has 156 valence electrons. The molecule has 0 bridgehead atoms. The zero-order valence-corrected chi connectivity index (χ0v) is 17.1. The molecule has 1 heterocycles. The third-order valence-electron chi connectivity index (χ3n) is 5.10. The van der Waals surface area contributed by atoms with Crippen LogP contribution in [0.2, 0.25) is 5.02 Å². The molecule has 1 amide bonds. The molecule has 31 heavy (non-hydrogen) atoms. The van der Waals surface area contributed by atoms with Crippen LogP contribution in [-0.2, 0) is 9.59 Å². The summed E-state index contributed by atoms with van der Waals surface area (Å²) in [4.78, 5) is 27.3. The maximum absolute atomic E-state index is 13.6. The summed E-state index contributed by atoms with van der Waals surface area (Å²) in [6, 6.07) is 17.4. The Hall–Kier alpha value is -3.64. The van der Waals surface area contributed by atoms with Gasteiger partial charge in [-0.2, -0.15) is 0 Å². The second-order valence-electron chi connectivity index (χ2n) is 6.93. The highest BCUT2D eigenvalue weighted by Crippen LogP contribution is 2.42. The lowest BCUT2D eigenvalue weighted by atomic mass is 9.95. The van der Waals surface area contributed by atoms with Gasteiger partial charge in [-0.3, -0.25) is 14.5 Å². The summed E-state index contributed by atoms with van der Waals surface area (Å²) in [5.74, 6) is -1.84. The van der Waals surface area contributed by atoms with Gasteiger partial charge in [0.15, 0.2) is 0 Å². The number of nitrogens with zero attached hydrogens (tertiary/aromatic N) is 1. The number of ketones is 1. The van der Waals surface area contributed by atoms with Crippen molar-refractivity contribution in [3.63, 3.8) is 0 Å². The van der Waals surface area contributed by atoms with E-state index in [2.05, 4.69) is 0 Å². The lowest BCUT2D eigenvalue weighted by Crippen LogP contribution is -2.29. The van der Waals surface area contributed by atoms with Gasteiger partial charge in [-0.1, -0.05) is 23.7 Å². The number of amides is 1. The van der Waals surface area contributed by atoms with Crippen LogP contribution in [0.15, 0.2) is 78.4 Å². The largest absolute Gasteiger partial charge is 0.507 e. The normalized spacial score (nSPS) is 17.8. The van der Waals surface area contributed by atoms with Crippen LogP contribution in [0.1, 0.15) is 17.2 Å². The first kappa shape index (κ1) is 20.6. The molecule has 1 saturated heterocycles. The number of carbonyl (C=O) groups is 2. The van der Waals surface area contributed by atoms with Gasteiger partial charge in [-0.15, -0.1) is 0 Å².